The molecule has 0 radical (unpaired) electrons. The van der Waals surface area contributed by atoms with Gasteiger partial charge in [-0.25, -0.2) is 9.18 Å². The van der Waals surface area contributed by atoms with E-state index in [1.54, 1.807) is 12.1 Å². The summed E-state index contributed by atoms with van der Waals surface area (Å²) < 4.78 is 23.3. The quantitative estimate of drug-likeness (QED) is 0.305. The molecule has 0 aliphatic carbocycles. The maximum atomic E-state index is 12.9. The van der Waals surface area contributed by atoms with E-state index in [-0.39, 0.29) is 11.7 Å². The fourth-order valence-electron chi connectivity index (χ4n) is 2.56. The van der Waals surface area contributed by atoms with Gasteiger partial charge in [-0.05, 0) is 55.0 Å². The van der Waals surface area contributed by atoms with Crippen LogP contribution in [0.3, 0.4) is 0 Å². The SMILES string of the molecule is CCCCCCCCC(=O)Oc1ccc(C(=O)Oc2ccc(F)cc2)cc1. The highest BCUT2D eigenvalue weighted by molar-refractivity contribution is 5.91. The average Bonchev–Trinajstić information content (AvgIpc) is 2.67. The number of ether oxygens (including phenoxy) is 2. The van der Waals surface area contributed by atoms with Gasteiger partial charge in [0.25, 0.3) is 0 Å². The van der Waals surface area contributed by atoms with Crippen LogP contribution in [-0.4, -0.2) is 11.9 Å². The second kappa shape index (κ2) is 11.1. The summed E-state index contributed by atoms with van der Waals surface area (Å²) in [5, 5.41) is 0. The Morgan fingerprint density at radius 3 is 2.00 bits per heavy atom. The molecule has 0 bridgehead atoms. The first-order valence-corrected chi connectivity index (χ1v) is 9.37. The predicted octanol–water partition coefficient (Wildman–Crippen LogP) is 5.70. The number of halogens is 1. The third-order valence-corrected chi connectivity index (χ3v) is 4.08. The minimum Gasteiger partial charge on any atom is -0.427 e. The Bertz CT molecular complexity index is 723. The summed E-state index contributed by atoms with van der Waals surface area (Å²) in [6, 6.07) is 11.4. The lowest BCUT2D eigenvalue weighted by Gasteiger charge is -2.07. The molecule has 5 heteroatoms. The molecule has 0 heterocycles. The van der Waals surface area contributed by atoms with Gasteiger partial charge in [0.2, 0.25) is 0 Å². The van der Waals surface area contributed by atoms with Crippen molar-refractivity contribution in [2.75, 3.05) is 0 Å². The third-order valence-electron chi connectivity index (χ3n) is 4.08. The highest BCUT2D eigenvalue weighted by Gasteiger charge is 2.10. The van der Waals surface area contributed by atoms with Crippen LogP contribution in [0, 0.1) is 5.82 Å². The number of hydrogen-bond donors (Lipinski definition) is 0. The number of benzene rings is 2. The molecule has 0 aliphatic heterocycles. The monoisotopic (exact) mass is 372 g/mol. The smallest absolute Gasteiger partial charge is 0.343 e. The molecule has 2 aromatic rings. The lowest BCUT2D eigenvalue weighted by Crippen LogP contribution is -2.10. The standard InChI is InChI=1S/C22H25FO4/c1-2-3-4-5-6-7-8-21(24)26-19-13-9-17(10-14-19)22(25)27-20-15-11-18(23)12-16-20/h9-16H,2-8H2,1H3. The van der Waals surface area contributed by atoms with Crippen LogP contribution in [0.15, 0.2) is 48.5 Å². The largest absolute Gasteiger partial charge is 0.427 e. The summed E-state index contributed by atoms with van der Waals surface area (Å²) in [4.78, 5) is 23.9. The number of carbonyl (C=O) groups is 2. The van der Waals surface area contributed by atoms with Gasteiger partial charge in [0.05, 0.1) is 5.56 Å². The lowest BCUT2D eigenvalue weighted by molar-refractivity contribution is -0.134. The van der Waals surface area contributed by atoms with Gasteiger partial charge in [-0.3, -0.25) is 4.79 Å². The molecule has 0 saturated carbocycles. The van der Waals surface area contributed by atoms with Gasteiger partial charge < -0.3 is 9.47 Å². The molecular weight excluding hydrogens is 347 g/mol. The molecule has 4 nitrogen and oxygen atoms in total. The van der Waals surface area contributed by atoms with E-state index in [9.17, 15) is 14.0 Å². The Morgan fingerprint density at radius 1 is 0.778 bits per heavy atom. The topological polar surface area (TPSA) is 52.6 Å². The molecule has 2 aromatic carbocycles. The zero-order valence-electron chi connectivity index (χ0n) is 15.6. The van der Waals surface area contributed by atoms with Crippen molar-refractivity contribution in [3.63, 3.8) is 0 Å². The van der Waals surface area contributed by atoms with Crippen molar-refractivity contribution in [2.24, 2.45) is 0 Å². The molecule has 2 rings (SSSR count). The fraction of sp³-hybridized carbons (Fsp3) is 0.364. The zero-order chi connectivity index (χ0) is 19.5. The van der Waals surface area contributed by atoms with E-state index < -0.39 is 11.8 Å². The van der Waals surface area contributed by atoms with E-state index in [2.05, 4.69) is 6.92 Å². The van der Waals surface area contributed by atoms with Gasteiger partial charge >= 0.3 is 11.9 Å². The Labute approximate surface area is 159 Å². The minimum atomic E-state index is -0.563. The summed E-state index contributed by atoms with van der Waals surface area (Å²) in [6.45, 7) is 2.17. The molecule has 0 unspecified atom stereocenters. The van der Waals surface area contributed by atoms with Crippen LogP contribution in [0.4, 0.5) is 4.39 Å². The van der Waals surface area contributed by atoms with Crippen LogP contribution < -0.4 is 9.47 Å². The van der Waals surface area contributed by atoms with Crippen molar-refractivity contribution in [2.45, 2.75) is 51.9 Å². The minimum absolute atomic E-state index is 0.260. The summed E-state index contributed by atoms with van der Waals surface area (Å²) in [6.07, 6.45) is 7.04. The molecule has 0 aliphatic rings. The molecule has 0 atom stereocenters. The summed E-state index contributed by atoms with van der Waals surface area (Å²) in [7, 11) is 0. The van der Waals surface area contributed by atoms with Crippen molar-refractivity contribution in [3.8, 4) is 11.5 Å². The van der Waals surface area contributed by atoms with Crippen molar-refractivity contribution >= 4 is 11.9 Å². The highest BCUT2D eigenvalue weighted by Crippen LogP contribution is 2.17. The van der Waals surface area contributed by atoms with Crippen LogP contribution in [-0.2, 0) is 4.79 Å². The molecule has 0 amide bonds. The molecule has 0 spiro atoms. The average molecular weight is 372 g/mol. The van der Waals surface area contributed by atoms with E-state index in [0.29, 0.717) is 17.7 Å². The number of unbranched alkanes of at least 4 members (excludes halogenated alkanes) is 5. The number of hydrogen-bond acceptors (Lipinski definition) is 4. The highest BCUT2D eigenvalue weighted by atomic mass is 19.1. The van der Waals surface area contributed by atoms with Crippen molar-refractivity contribution in [1.29, 1.82) is 0 Å². The maximum absolute atomic E-state index is 12.9. The molecule has 27 heavy (non-hydrogen) atoms. The van der Waals surface area contributed by atoms with E-state index in [0.717, 1.165) is 19.3 Å². The summed E-state index contributed by atoms with van der Waals surface area (Å²) >= 11 is 0. The van der Waals surface area contributed by atoms with Crippen molar-refractivity contribution in [1.82, 2.24) is 0 Å². The van der Waals surface area contributed by atoms with Crippen molar-refractivity contribution < 1.29 is 23.5 Å². The van der Waals surface area contributed by atoms with E-state index >= 15 is 0 Å². The van der Waals surface area contributed by atoms with Crippen LogP contribution in [0.1, 0.15) is 62.2 Å². The Kier molecular flexibility index (Phi) is 8.49. The predicted molar refractivity (Wildman–Crippen MR) is 101 cm³/mol. The number of esters is 2. The molecular formula is C22H25FO4. The van der Waals surface area contributed by atoms with Gasteiger partial charge in [-0.2, -0.15) is 0 Å². The summed E-state index contributed by atoms with van der Waals surface area (Å²) in [5.74, 6) is -0.583. The van der Waals surface area contributed by atoms with E-state index in [1.165, 1.54) is 55.7 Å². The van der Waals surface area contributed by atoms with Gasteiger partial charge in [0.1, 0.15) is 17.3 Å². The van der Waals surface area contributed by atoms with E-state index in [4.69, 9.17) is 9.47 Å². The van der Waals surface area contributed by atoms with Crippen LogP contribution in [0.2, 0.25) is 0 Å². The van der Waals surface area contributed by atoms with Crippen LogP contribution in [0.25, 0.3) is 0 Å². The van der Waals surface area contributed by atoms with Gasteiger partial charge in [-0.15, -0.1) is 0 Å². The zero-order valence-corrected chi connectivity index (χ0v) is 15.6. The second-order valence-corrected chi connectivity index (χ2v) is 6.36. The molecule has 0 fully saturated rings. The fourth-order valence-corrected chi connectivity index (χ4v) is 2.56. The maximum Gasteiger partial charge on any atom is 0.343 e. The van der Waals surface area contributed by atoms with Crippen LogP contribution in [0.5, 0.6) is 11.5 Å². The molecule has 0 N–H and O–H groups in total. The Balaban J connectivity index is 1.76. The molecule has 144 valence electrons. The van der Waals surface area contributed by atoms with Gasteiger partial charge in [-0.1, -0.05) is 39.0 Å². The molecule has 0 aromatic heterocycles. The first-order chi connectivity index (χ1) is 13.1. The van der Waals surface area contributed by atoms with Gasteiger partial charge in [0, 0.05) is 6.42 Å². The first kappa shape index (κ1) is 20.6. The second-order valence-electron chi connectivity index (χ2n) is 6.36. The number of carbonyl (C=O) groups excluding carboxylic acids is 2. The first-order valence-electron chi connectivity index (χ1n) is 9.37. The van der Waals surface area contributed by atoms with Crippen LogP contribution >= 0.6 is 0 Å². The lowest BCUT2D eigenvalue weighted by atomic mass is 10.1. The third kappa shape index (κ3) is 7.60. The van der Waals surface area contributed by atoms with Crippen molar-refractivity contribution in [3.05, 3.63) is 59.9 Å². The Hall–Kier alpha value is -2.69. The summed E-state index contributed by atoms with van der Waals surface area (Å²) in [5.41, 5.74) is 0.315. The number of rotatable bonds is 10. The Morgan fingerprint density at radius 2 is 1.33 bits per heavy atom. The van der Waals surface area contributed by atoms with Gasteiger partial charge in [0.15, 0.2) is 0 Å². The normalized spacial score (nSPS) is 10.4. The van der Waals surface area contributed by atoms with E-state index in [1.807, 2.05) is 0 Å². The molecule has 0 saturated heterocycles.